The van der Waals surface area contributed by atoms with Gasteiger partial charge >= 0.3 is 5.97 Å². The van der Waals surface area contributed by atoms with E-state index in [1.807, 2.05) is 6.07 Å². The molecule has 0 saturated heterocycles. The maximum absolute atomic E-state index is 13.1. The van der Waals surface area contributed by atoms with Crippen LogP contribution < -0.4 is 0 Å². The van der Waals surface area contributed by atoms with Crippen molar-refractivity contribution in [3.8, 4) is 11.5 Å². The molecule has 0 spiro atoms. The van der Waals surface area contributed by atoms with Crippen molar-refractivity contribution in [1.82, 2.24) is 4.98 Å². The lowest BCUT2D eigenvalue weighted by molar-refractivity contribution is -0.0563. The predicted octanol–water partition coefficient (Wildman–Crippen LogP) is 5.53. The molecule has 1 aliphatic carbocycles. The Hall–Kier alpha value is -3.03. The molecule has 1 saturated carbocycles. The number of aromatic nitrogens is 1. The van der Waals surface area contributed by atoms with Gasteiger partial charge in [-0.1, -0.05) is 18.2 Å². The lowest BCUT2D eigenvalue weighted by Gasteiger charge is -2.29. The molecule has 1 heterocycles. The Balaban J connectivity index is 1.29. The highest BCUT2D eigenvalue weighted by molar-refractivity contribution is 5.91. The molecule has 2 aromatic carbocycles. The van der Waals surface area contributed by atoms with Crippen molar-refractivity contribution < 1.29 is 28.2 Å². The molecule has 7 heteroatoms. The van der Waals surface area contributed by atoms with Crippen LogP contribution in [0.15, 0.2) is 53.1 Å². The zero-order chi connectivity index (χ0) is 22.5. The number of hydrogen-bond acceptors (Lipinski definition) is 5. The monoisotopic (exact) mass is 439 g/mol. The third-order valence-electron chi connectivity index (χ3n) is 5.74. The molecule has 0 bridgehead atoms. The molecule has 32 heavy (non-hydrogen) atoms. The fraction of sp³-hybridized carbons (Fsp3) is 0.360. The van der Waals surface area contributed by atoms with Crippen molar-refractivity contribution in [2.75, 3.05) is 0 Å². The molecule has 1 N–H and O–H groups in total. The van der Waals surface area contributed by atoms with Crippen LogP contribution in [0.4, 0.5) is 4.39 Å². The Labute approximate surface area is 186 Å². The number of rotatable bonds is 8. The summed E-state index contributed by atoms with van der Waals surface area (Å²) >= 11 is 0. The van der Waals surface area contributed by atoms with Crippen LogP contribution in [-0.4, -0.2) is 28.3 Å². The van der Waals surface area contributed by atoms with Crippen LogP contribution in [0.3, 0.4) is 0 Å². The highest BCUT2D eigenvalue weighted by Crippen LogP contribution is 2.27. The predicted molar refractivity (Wildman–Crippen MR) is 116 cm³/mol. The zero-order valence-electron chi connectivity index (χ0n) is 17.9. The Morgan fingerprint density at radius 3 is 2.56 bits per heavy atom. The number of aryl methyl sites for hydroxylation is 1. The van der Waals surface area contributed by atoms with Crippen LogP contribution in [0.2, 0.25) is 0 Å². The summed E-state index contributed by atoms with van der Waals surface area (Å²) in [6.07, 6.45) is 5.20. The van der Waals surface area contributed by atoms with Gasteiger partial charge in [-0.2, -0.15) is 0 Å². The van der Waals surface area contributed by atoms with Crippen LogP contribution in [0.1, 0.15) is 52.9 Å². The summed E-state index contributed by atoms with van der Waals surface area (Å²) < 4.78 is 30.7. The third kappa shape index (κ3) is 5.41. The first-order valence-corrected chi connectivity index (χ1v) is 10.7. The topological polar surface area (TPSA) is 81.8 Å². The average Bonchev–Trinajstić information content (AvgIpc) is 3.26. The van der Waals surface area contributed by atoms with Crippen molar-refractivity contribution in [3.05, 3.63) is 76.9 Å². The summed E-state index contributed by atoms with van der Waals surface area (Å²) in [5.74, 6) is -0.806. The number of carboxylic acid groups (broad SMARTS) is 1. The SMILES string of the molecule is Cc1cccc(CO[C@@H]2CCC[C@H](OCc3coc(-c4ccc(F)cc4)n3)C2)c1C(=O)O. The van der Waals surface area contributed by atoms with Crippen molar-refractivity contribution in [2.45, 2.75) is 58.0 Å². The van der Waals surface area contributed by atoms with Gasteiger partial charge in [-0.05, 0) is 68.0 Å². The standard InChI is InChI=1S/C25H26FNO5/c1-16-4-2-5-18(23(16)25(28)29)13-30-21-6-3-7-22(12-21)31-14-20-15-32-24(27-20)17-8-10-19(26)11-9-17/h2,4-5,8-11,15,21-22H,3,6-7,12-14H2,1H3,(H,28,29)/t21-,22+/m1/s1. The van der Waals surface area contributed by atoms with E-state index >= 15 is 0 Å². The van der Waals surface area contributed by atoms with Gasteiger partial charge in [-0.3, -0.25) is 0 Å². The van der Waals surface area contributed by atoms with Crippen molar-refractivity contribution in [2.24, 2.45) is 0 Å². The number of aromatic carboxylic acids is 1. The van der Waals surface area contributed by atoms with E-state index in [0.29, 0.717) is 34.9 Å². The highest BCUT2D eigenvalue weighted by Gasteiger charge is 2.24. The third-order valence-corrected chi connectivity index (χ3v) is 5.74. The van der Waals surface area contributed by atoms with E-state index in [1.165, 1.54) is 12.1 Å². The number of carboxylic acids is 1. The van der Waals surface area contributed by atoms with E-state index < -0.39 is 5.97 Å². The van der Waals surface area contributed by atoms with Crippen LogP contribution in [0.25, 0.3) is 11.5 Å². The molecule has 0 unspecified atom stereocenters. The number of benzene rings is 2. The normalized spacial score (nSPS) is 18.6. The molecule has 3 aromatic rings. The summed E-state index contributed by atoms with van der Waals surface area (Å²) in [7, 11) is 0. The number of nitrogens with zero attached hydrogens (tertiary/aromatic N) is 1. The molecule has 168 valence electrons. The fourth-order valence-corrected chi connectivity index (χ4v) is 4.07. The fourth-order valence-electron chi connectivity index (χ4n) is 4.07. The molecule has 6 nitrogen and oxygen atoms in total. The number of ether oxygens (including phenoxy) is 2. The second-order valence-electron chi connectivity index (χ2n) is 8.10. The number of halogens is 1. The summed E-state index contributed by atoms with van der Waals surface area (Å²) in [4.78, 5) is 16.0. The summed E-state index contributed by atoms with van der Waals surface area (Å²) in [6, 6.07) is 11.4. The van der Waals surface area contributed by atoms with Crippen molar-refractivity contribution >= 4 is 5.97 Å². The Bertz CT molecular complexity index is 1060. The molecule has 4 rings (SSSR count). The maximum atomic E-state index is 13.1. The van der Waals surface area contributed by atoms with E-state index in [2.05, 4.69) is 4.98 Å². The molecule has 0 amide bonds. The lowest BCUT2D eigenvalue weighted by atomic mass is 9.94. The number of carbonyl (C=O) groups is 1. The van der Waals surface area contributed by atoms with Crippen LogP contribution in [0, 0.1) is 12.7 Å². The first-order chi connectivity index (χ1) is 15.5. The molecule has 2 atom stereocenters. The van der Waals surface area contributed by atoms with Crippen LogP contribution in [0.5, 0.6) is 0 Å². The highest BCUT2D eigenvalue weighted by atomic mass is 19.1. The van der Waals surface area contributed by atoms with Gasteiger partial charge in [0, 0.05) is 5.56 Å². The lowest BCUT2D eigenvalue weighted by Crippen LogP contribution is -2.28. The summed E-state index contributed by atoms with van der Waals surface area (Å²) in [5.41, 5.74) is 3.13. The van der Waals surface area contributed by atoms with Gasteiger partial charge in [0.05, 0.1) is 31.0 Å². The first kappa shape index (κ1) is 22.2. The quantitative estimate of drug-likeness (QED) is 0.497. The minimum Gasteiger partial charge on any atom is -0.478 e. The van der Waals surface area contributed by atoms with Gasteiger partial charge in [0.2, 0.25) is 5.89 Å². The first-order valence-electron chi connectivity index (χ1n) is 10.7. The minimum atomic E-state index is -0.931. The second-order valence-corrected chi connectivity index (χ2v) is 8.10. The Morgan fingerprint density at radius 1 is 1.12 bits per heavy atom. The van der Waals surface area contributed by atoms with Gasteiger partial charge in [0.1, 0.15) is 17.8 Å². The van der Waals surface area contributed by atoms with Gasteiger partial charge in [0.25, 0.3) is 0 Å². The second kappa shape index (κ2) is 10.1. The van der Waals surface area contributed by atoms with E-state index in [4.69, 9.17) is 13.9 Å². The van der Waals surface area contributed by atoms with E-state index in [-0.39, 0.29) is 24.6 Å². The van der Waals surface area contributed by atoms with Crippen LogP contribution in [-0.2, 0) is 22.7 Å². The van der Waals surface area contributed by atoms with Gasteiger partial charge < -0.3 is 19.0 Å². The van der Waals surface area contributed by atoms with E-state index in [1.54, 1.807) is 37.5 Å². The smallest absolute Gasteiger partial charge is 0.336 e. The summed E-state index contributed by atoms with van der Waals surface area (Å²) in [6.45, 7) is 2.39. The largest absolute Gasteiger partial charge is 0.478 e. The molecule has 1 aromatic heterocycles. The van der Waals surface area contributed by atoms with Gasteiger partial charge in [0.15, 0.2) is 0 Å². The molecule has 0 aliphatic heterocycles. The molecular formula is C25H26FNO5. The van der Waals surface area contributed by atoms with Gasteiger partial charge in [-0.25, -0.2) is 14.2 Å². The van der Waals surface area contributed by atoms with E-state index in [9.17, 15) is 14.3 Å². The molecule has 0 radical (unpaired) electrons. The maximum Gasteiger partial charge on any atom is 0.336 e. The van der Waals surface area contributed by atoms with Crippen molar-refractivity contribution in [3.63, 3.8) is 0 Å². The molecular weight excluding hydrogens is 413 g/mol. The Kier molecular flexibility index (Phi) is 6.97. The minimum absolute atomic E-state index is 0.0167. The van der Waals surface area contributed by atoms with Crippen LogP contribution >= 0.6 is 0 Å². The van der Waals surface area contributed by atoms with Gasteiger partial charge in [-0.15, -0.1) is 0 Å². The summed E-state index contributed by atoms with van der Waals surface area (Å²) in [5, 5.41) is 9.48. The molecule has 1 aliphatic rings. The number of hydrogen-bond donors (Lipinski definition) is 1. The average molecular weight is 439 g/mol. The van der Waals surface area contributed by atoms with E-state index in [0.717, 1.165) is 31.2 Å². The Morgan fingerprint density at radius 2 is 1.84 bits per heavy atom. The number of oxazole rings is 1. The van der Waals surface area contributed by atoms with Crippen molar-refractivity contribution in [1.29, 1.82) is 0 Å². The zero-order valence-corrected chi connectivity index (χ0v) is 17.9. The molecule has 1 fully saturated rings.